The summed E-state index contributed by atoms with van der Waals surface area (Å²) in [5, 5.41) is 5.51. The fraction of sp³-hybridized carbons (Fsp3) is 0.227. The number of anilines is 2. The fourth-order valence-electron chi connectivity index (χ4n) is 3.14. The first-order valence-electron chi connectivity index (χ1n) is 9.26. The predicted octanol–water partition coefficient (Wildman–Crippen LogP) is 2.91. The summed E-state index contributed by atoms with van der Waals surface area (Å²) in [5.41, 5.74) is 2.56. The monoisotopic (exact) mass is 377 g/mol. The zero-order chi connectivity index (χ0) is 19.9. The Morgan fingerprint density at radius 3 is 2.54 bits per heavy atom. The lowest BCUT2D eigenvalue weighted by Gasteiger charge is -2.16. The molecule has 2 aromatic carbocycles. The summed E-state index contributed by atoms with van der Waals surface area (Å²) in [7, 11) is 0. The number of carbonyl (C=O) groups is 3. The molecule has 0 aromatic heterocycles. The molecule has 0 radical (unpaired) electrons. The Bertz CT molecular complexity index is 890. The molecule has 0 bridgehead atoms. The summed E-state index contributed by atoms with van der Waals surface area (Å²) in [6.07, 6.45) is 3.24. The van der Waals surface area contributed by atoms with Gasteiger partial charge in [-0.2, -0.15) is 0 Å². The van der Waals surface area contributed by atoms with Gasteiger partial charge in [0.1, 0.15) is 0 Å². The second-order valence-corrected chi connectivity index (χ2v) is 6.58. The maximum Gasteiger partial charge on any atom is 0.253 e. The van der Waals surface area contributed by atoms with Crippen molar-refractivity contribution in [3.8, 4) is 0 Å². The number of para-hydroxylation sites is 1. The van der Waals surface area contributed by atoms with E-state index in [9.17, 15) is 14.4 Å². The standard InChI is InChI=1S/C22H23N3O3/c1-2-13-23-22(28)18-6-3-4-7-19(18)24-20(26)15-16-9-11-17(12-10-16)25-14-5-8-21(25)27/h2-4,6-7,9-12H,1,5,8,13-15H2,(H,23,28)(H,24,26). The second kappa shape index (κ2) is 8.99. The Balaban J connectivity index is 1.64. The van der Waals surface area contributed by atoms with Gasteiger partial charge in [0.05, 0.1) is 17.7 Å². The Hall–Kier alpha value is -3.41. The minimum atomic E-state index is -0.268. The molecule has 1 aliphatic rings. The number of nitrogens with zero attached hydrogens (tertiary/aromatic N) is 1. The minimum Gasteiger partial charge on any atom is -0.349 e. The lowest BCUT2D eigenvalue weighted by molar-refractivity contribution is -0.117. The lowest BCUT2D eigenvalue weighted by Crippen LogP contribution is -2.25. The van der Waals surface area contributed by atoms with Crippen molar-refractivity contribution in [1.82, 2.24) is 5.32 Å². The third-order valence-corrected chi connectivity index (χ3v) is 4.54. The largest absolute Gasteiger partial charge is 0.349 e. The van der Waals surface area contributed by atoms with Crippen molar-refractivity contribution >= 4 is 29.1 Å². The van der Waals surface area contributed by atoms with Gasteiger partial charge in [-0.3, -0.25) is 14.4 Å². The minimum absolute atomic E-state index is 0.136. The molecule has 3 rings (SSSR count). The van der Waals surface area contributed by atoms with Crippen molar-refractivity contribution in [3.05, 3.63) is 72.3 Å². The van der Waals surface area contributed by atoms with Gasteiger partial charge in [0.25, 0.3) is 5.91 Å². The van der Waals surface area contributed by atoms with E-state index in [2.05, 4.69) is 17.2 Å². The number of hydrogen-bond donors (Lipinski definition) is 2. The highest BCUT2D eigenvalue weighted by Gasteiger charge is 2.21. The van der Waals surface area contributed by atoms with Crippen LogP contribution >= 0.6 is 0 Å². The summed E-state index contributed by atoms with van der Waals surface area (Å²) >= 11 is 0. The fourth-order valence-corrected chi connectivity index (χ4v) is 3.14. The molecule has 2 aromatic rings. The zero-order valence-electron chi connectivity index (χ0n) is 15.6. The average molecular weight is 377 g/mol. The number of rotatable bonds is 7. The number of amides is 3. The van der Waals surface area contributed by atoms with Gasteiger partial charge >= 0.3 is 0 Å². The number of hydrogen-bond acceptors (Lipinski definition) is 3. The quantitative estimate of drug-likeness (QED) is 0.728. The second-order valence-electron chi connectivity index (χ2n) is 6.58. The first-order valence-corrected chi connectivity index (χ1v) is 9.26. The summed E-state index contributed by atoms with van der Waals surface area (Å²) in [6.45, 7) is 4.67. The van der Waals surface area contributed by atoms with E-state index in [-0.39, 0.29) is 24.1 Å². The molecule has 6 heteroatoms. The Kier molecular flexibility index (Phi) is 6.22. The Labute approximate surface area is 164 Å². The van der Waals surface area contributed by atoms with Gasteiger partial charge in [0, 0.05) is 25.2 Å². The number of benzene rings is 2. The molecule has 1 aliphatic heterocycles. The molecule has 0 aliphatic carbocycles. The highest BCUT2D eigenvalue weighted by atomic mass is 16.2. The van der Waals surface area contributed by atoms with E-state index < -0.39 is 0 Å². The van der Waals surface area contributed by atoms with Crippen LogP contribution in [-0.4, -0.2) is 30.8 Å². The van der Waals surface area contributed by atoms with Crippen LogP contribution in [0.1, 0.15) is 28.8 Å². The zero-order valence-corrected chi connectivity index (χ0v) is 15.6. The molecule has 0 atom stereocenters. The van der Waals surface area contributed by atoms with E-state index in [1.165, 1.54) is 0 Å². The number of carbonyl (C=O) groups excluding carboxylic acids is 3. The highest BCUT2D eigenvalue weighted by molar-refractivity contribution is 6.04. The Morgan fingerprint density at radius 2 is 1.86 bits per heavy atom. The van der Waals surface area contributed by atoms with E-state index in [1.807, 2.05) is 24.3 Å². The van der Waals surface area contributed by atoms with Crippen LogP contribution in [0.15, 0.2) is 61.2 Å². The van der Waals surface area contributed by atoms with Crippen molar-refractivity contribution in [1.29, 1.82) is 0 Å². The maximum atomic E-state index is 12.4. The van der Waals surface area contributed by atoms with E-state index in [0.29, 0.717) is 24.2 Å². The van der Waals surface area contributed by atoms with Crippen LogP contribution < -0.4 is 15.5 Å². The van der Waals surface area contributed by atoms with Gasteiger partial charge in [0.15, 0.2) is 0 Å². The summed E-state index contributed by atoms with van der Waals surface area (Å²) in [6, 6.07) is 14.3. The molecule has 0 saturated carbocycles. The summed E-state index contributed by atoms with van der Waals surface area (Å²) < 4.78 is 0. The van der Waals surface area contributed by atoms with E-state index in [1.54, 1.807) is 35.2 Å². The lowest BCUT2D eigenvalue weighted by atomic mass is 10.1. The number of nitrogens with one attached hydrogen (secondary N) is 2. The smallest absolute Gasteiger partial charge is 0.253 e. The molecular formula is C22H23N3O3. The van der Waals surface area contributed by atoms with Crippen molar-refractivity contribution in [2.45, 2.75) is 19.3 Å². The molecule has 3 amide bonds. The van der Waals surface area contributed by atoms with Crippen LogP contribution in [-0.2, 0) is 16.0 Å². The molecular weight excluding hydrogens is 354 g/mol. The van der Waals surface area contributed by atoms with Gasteiger partial charge in [-0.15, -0.1) is 6.58 Å². The summed E-state index contributed by atoms with van der Waals surface area (Å²) in [4.78, 5) is 38.2. The van der Waals surface area contributed by atoms with Gasteiger partial charge in [-0.05, 0) is 36.2 Å². The molecule has 1 saturated heterocycles. The summed E-state index contributed by atoms with van der Waals surface area (Å²) in [5.74, 6) is -0.346. The predicted molar refractivity (Wildman–Crippen MR) is 109 cm³/mol. The highest BCUT2D eigenvalue weighted by Crippen LogP contribution is 2.22. The van der Waals surface area contributed by atoms with Crippen molar-refractivity contribution in [2.24, 2.45) is 0 Å². The average Bonchev–Trinajstić information content (AvgIpc) is 3.13. The molecule has 28 heavy (non-hydrogen) atoms. The van der Waals surface area contributed by atoms with Gasteiger partial charge < -0.3 is 15.5 Å². The van der Waals surface area contributed by atoms with E-state index in [0.717, 1.165) is 24.2 Å². The third-order valence-electron chi connectivity index (χ3n) is 4.54. The first-order chi connectivity index (χ1) is 13.6. The molecule has 144 valence electrons. The SMILES string of the molecule is C=CCNC(=O)c1ccccc1NC(=O)Cc1ccc(N2CCCC2=O)cc1. The van der Waals surface area contributed by atoms with Crippen molar-refractivity contribution < 1.29 is 14.4 Å². The first kappa shape index (κ1) is 19.4. The van der Waals surface area contributed by atoms with Gasteiger partial charge in [-0.1, -0.05) is 30.3 Å². The van der Waals surface area contributed by atoms with Crippen LogP contribution in [0.5, 0.6) is 0 Å². The van der Waals surface area contributed by atoms with Crippen molar-refractivity contribution in [3.63, 3.8) is 0 Å². The van der Waals surface area contributed by atoms with Crippen LogP contribution in [0.25, 0.3) is 0 Å². The molecule has 1 fully saturated rings. The third kappa shape index (κ3) is 4.65. The molecule has 2 N–H and O–H groups in total. The van der Waals surface area contributed by atoms with Gasteiger partial charge in [0.2, 0.25) is 11.8 Å². The van der Waals surface area contributed by atoms with E-state index in [4.69, 9.17) is 0 Å². The molecule has 1 heterocycles. The van der Waals surface area contributed by atoms with E-state index >= 15 is 0 Å². The van der Waals surface area contributed by atoms with Crippen LogP contribution in [0, 0.1) is 0 Å². The van der Waals surface area contributed by atoms with Crippen molar-refractivity contribution in [2.75, 3.05) is 23.3 Å². The van der Waals surface area contributed by atoms with Crippen LogP contribution in [0.3, 0.4) is 0 Å². The van der Waals surface area contributed by atoms with Crippen LogP contribution in [0.4, 0.5) is 11.4 Å². The van der Waals surface area contributed by atoms with Gasteiger partial charge in [-0.25, -0.2) is 0 Å². The molecule has 6 nitrogen and oxygen atoms in total. The topological polar surface area (TPSA) is 78.5 Å². The molecule has 0 spiro atoms. The van der Waals surface area contributed by atoms with Crippen LogP contribution in [0.2, 0.25) is 0 Å². The maximum absolute atomic E-state index is 12.4. The Morgan fingerprint density at radius 1 is 1.11 bits per heavy atom. The normalized spacial score (nSPS) is 13.3. The molecule has 0 unspecified atom stereocenters.